The van der Waals surface area contributed by atoms with Crippen molar-refractivity contribution in [1.29, 1.82) is 0 Å². The topological polar surface area (TPSA) is 170 Å². The normalized spacial score (nSPS) is 14.2. The summed E-state index contributed by atoms with van der Waals surface area (Å²) in [4.78, 5) is 33.4. The molecule has 0 unspecified atom stereocenters. The van der Waals surface area contributed by atoms with Crippen LogP contribution >= 0.6 is 15.9 Å². The third kappa shape index (κ3) is 15.0. The van der Waals surface area contributed by atoms with Crippen LogP contribution in [0.4, 0.5) is 0 Å². The van der Waals surface area contributed by atoms with Gasteiger partial charge in [-0.2, -0.15) is 0 Å². The number of hydrogen-bond acceptors (Lipinski definition) is 8. The SMILES string of the molecule is C.C.CC1(C)OB(C2=Cc3ccccc3C2)OC1(C)C.COC(=O)c1cccc(Br)c1.COC(=O)c1cccc(C2=Cc3ccccc3C2)c1.O.O=C(O)c1cccc(C2=Cc3ccccc3C2)c1.[Li+].[OH-]. The van der Waals surface area contributed by atoms with Gasteiger partial charge in [-0.25, -0.2) is 14.4 Å². The first-order chi connectivity index (χ1) is 31.6. The number of allylic oxidation sites excluding steroid dienone is 3. The molecule has 3 aliphatic carbocycles. The van der Waals surface area contributed by atoms with Gasteiger partial charge in [-0.1, -0.05) is 152 Å². The van der Waals surface area contributed by atoms with E-state index in [9.17, 15) is 14.4 Å². The minimum absolute atomic E-state index is 0. The number of carboxylic acid groups (broad SMARTS) is 1. The number of rotatable bonds is 6. The molecule has 10 nitrogen and oxygen atoms in total. The summed E-state index contributed by atoms with van der Waals surface area (Å²) in [6.07, 6.45) is 9.26. The van der Waals surface area contributed by atoms with Crippen LogP contribution in [0, 0.1) is 0 Å². The Morgan fingerprint density at radius 2 is 0.930 bits per heavy atom. The molecule has 6 aromatic rings. The zero-order chi connectivity index (χ0) is 47.0. The first-order valence-electron chi connectivity index (χ1n) is 21.7. The van der Waals surface area contributed by atoms with Gasteiger partial charge < -0.3 is 34.8 Å². The molecule has 1 aliphatic heterocycles. The number of fused-ring (bicyclic) bond motifs is 3. The van der Waals surface area contributed by atoms with Crippen LogP contribution in [0.2, 0.25) is 0 Å². The summed E-state index contributed by atoms with van der Waals surface area (Å²) in [5.74, 6) is -1.49. The summed E-state index contributed by atoms with van der Waals surface area (Å²) in [6.45, 7) is 8.37. The van der Waals surface area contributed by atoms with Crippen LogP contribution in [0.1, 0.15) is 118 Å². The van der Waals surface area contributed by atoms with Gasteiger partial charge in [-0.3, -0.25) is 0 Å². The monoisotopic (exact) mass is 1020 g/mol. The summed E-state index contributed by atoms with van der Waals surface area (Å²) in [7, 11) is 2.56. The maximum atomic E-state index is 11.6. The van der Waals surface area contributed by atoms with Crippen molar-refractivity contribution in [2.45, 2.75) is 73.0 Å². The van der Waals surface area contributed by atoms with E-state index in [1.807, 2.05) is 48.5 Å². The van der Waals surface area contributed by atoms with E-state index >= 15 is 0 Å². The molecule has 0 saturated carbocycles. The van der Waals surface area contributed by atoms with E-state index in [-0.39, 0.29) is 74.9 Å². The van der Waals surface area contributed by atoms with Crippen molar-refractivity contribution in [3.05, 3.63) is 217 Å². The second-order valence-corrected chi connectivity index (χ2v) is 18.1. The molecule has 13 heteroatoms. The summed E-state index contributed by atoms with van der Waals surface area (Å²) < 4.78 is 22.3. The van der Waals surface area contributed by atoms with Crippen molar-refractivity contribution < 1.29 is 68.1 Å². The zero-order valence-corrected chi connectivity index (χ0v) is 41.5. The van der Waals surface area contributed by atoms with E-state index in [1.54, 1.807) is 42.5 Å². The molecular formula is C58H63BBrLiO10. The van der Waals surface area contributed by atoms with Gasteiger partial charge in [-0.05, 0) is 151 Å². The van der Waals surface area contributed by atoms with Crippen LogP contribution in [0.25, 0.3) is 29.4 Å². The Labute approximate surface area is 439 Å². The number of hydrogen-bond donors (Lipinski definition) is 1. The van der Waals surface area contributed by atoms with E-state index in [4.69, 9.17) is 19.2 Å². The summed E-state index contributed by atoms with van der Waals surface area (Å²) in [6, 6.07) is 46.8. The molecule has 4 aliphatic rings. The number of methoxy groups -OCH3 is 2. The number of esters is 2. The predicted molar refractivity (Wildman–Crippen MR) is 286 cm³/mol. The fraction of sp³-hybridized carbons (Fsp3) is 0.224. The van der Waals surface area contributed by atoms with Crippen molar-refractivity contribution in [3.8, 4) is 0 Å². The van der Waals surface area contributed by atoms with E-state index in [1.165, 1.54) is 64.2 Å². The summed E-state index contributed by atoms with van der Waals surface area (Å²) in [5.41, 5.74) is 14.5. The maximum Gasteiger partial charge on any atom is 1.00 e. The van der Waals surface area contributed by atoms with Gasteiger partial charge in [0.25, 0.3) is 0 Å². The largest absolute Gasteiger partial charge is 1.00 e. The van der Waals surface area contributed by atoms with Crippen LogP contribution in [0.15, 0.2) is 156 Å². The Kier molecular flexibility index (Phi) is 23.2. The van der Waals surface area contributed by atoms with Crippen molar-refractivity contribution >= 4 is 70.3 Å². The molecule has 0 radical (unpaired) electrons. The molecule has 0 bridgehead atoms. The van der Waals surface area contributed by atoms with Gasteiger partial charge in [0.1, 0.15) is 0 Å². The Hall–Kier alpha value is -6.07. The van der Waals surface area contributed by atoms with Crippen molar-refractivity contribution in [3.63, 3.8) is 0 Å². The van der Waals surface area contributed by atoms with E-state index in [2.05, 4.69) is 121 Å². The Balaban J connectivity index is 0.000000322. The number of carbonyl (C=O) groups excluding carboxylic acids is 2. The first kappa shape index (κ1) is 61.1. The predicted octanol–water partition coefficient (Wildman–Crippen LogP) is 9.82. The van der Waals surface area contributed by atoms with Gasteiger partial charge >= 0.3 is 43.9 Å². The first-order valence-corrected chi connectivity index (χ1v) is 22.5. The Bertz CT molecular complexity index is 2870. The summed E-state index contributed by atoms with van der Waals surface area (Å²) in [5, 5.41) is 9.01. The van der Waals surface area contributed by atoms with Crippen LogP contribution < -0.4 is 18.9 Å². The minimum atomic E-state index is -0.882. The van der Waals surface area contributed by atoms with E-state index in [0.717, 1.165) is 34.9 Å². The second-order valence-electron chi connectivity index (χ2n) is 17.2. The number of carbonyl (C=O) groups is 3. The number of ether oxygens (including phenoxy) is 2. The smallest absolute Gasteiger partial charge is 0.870 e. The van der Waals surface area contributed by atoms with E-state index < -0.39 is 5.97 Å². The van der Waals surface area contributed by atoms with E-state index in [0.29, 0.717) is 16.7 Å². The fourth-order valence-electron chi connectivity index (χ4n) is 7.93. The fourth-order valence-corrected chi connectivity index (χ4v) is 8.33. The minimum Gasteiger partial charge on any atom is -0.870 e. The summed E-state index contributed by atoms with van der Waals surface area (Å²) >= 11 is 3.25. The number of aromatic carboxylic acids is 1. The molecule has 0 amide bonds. The molecule has 0 aromatic heterocycles. The molecule has 71 heavy (non-hydrogen) atoms. The molecule has 366 valence electrons. The molecule has 1 fully saturated rings. The average Bonchev–Trinajstić information content (AvgIpc) is 4.12. The van der Waals surface area contributed by atoms with Crippen molar-refractivity contribution in [2.75, 3.05) is 14.2 Å². The molecule has 4 N–H and O–H groups in total. The van der Waals surface area contributed by atoms with Crippen molar-refractivity contribution in [2.24, 2.45) is 0 Å². The average molecular weight is 1020 g/mol. The third-order valence-corrected chi connectivity index (χ3v) is 12.8. The maximum absolute atomic E-state index is 11.6. The van der Waals surface area contributed by atoms with Crippen molar-refractivity contribution in [1.82, 2.24) is 0 Å². The van der Waals surface area contributed by atoms with Gasteiger partial charge in [0, 0.05) is 4.47 Å². The third-order valence-electron chi connectivity index (χ3n) is 12.3. The van der Waals surface area contributed by atoms with Gasteiger partial charge in [0.15, 0.2) is 0 Å². The zero-order valence-electron chi connectivity index (χ0n) is 39.9. The Morgan fingerprint density at radius 1 is 0.549 bits per heavy atom. The van der Waals surface area contributed by atoms with Gasteiger partial charge in [0.05, 0.1) is 42.1 Å². The number of benzene rings is 6. The van der Waals surface area contributed by atoms with Crippen LogP contribution in [-0.2, 0) is 38.0 Å². The number of carboxylic acids is 1. The quantitative estimate of drug-likeness (QED) is 0.126. The molecular weight excluding hydrogens is 954 g/mol. The molecule has 6 aromatic carbocycles. The molecule has 0 atom stereocenters. The van der Waals surface area contributed by atoms with Gasteiger partial charge in [0.2, 0.25) is 0 Å². The van der Waals surface area contributed by atoms with Crippen LogP contribution in [0.3, 0.4) is 0 Å². The van der Waals surface area contributed by atoms with Crippen LogP contribution in [0.5, 0.6) is 0 Å². The van der Waals surface area contributed by atoms with Crippen LogP contribution in [-0.4, -0.2) is 66.5 Å². The molecule has 1 heterocycles. The molecule has 1 saturated heterocycles. The second kappa shape index (κ2) is 26.9. The number of halogens is 1. The molecule has 0 spiro atoms. The molecule has 10 rings (SSSR count). The standard InChI is InChI=1S/C17H14O2.C16H12O2.C15H19BO2.C8H7BrO2.2CH4.Li.2H2O/c1-19-17(18)15-8-4-7-14(9-15)16-10-12-5-2-3-6-13(12)11-16;17-16(18)14-7-3-6-13(8-14)15-9-11-4-1-2-5-12(11)10-15;1-14(2)15(3,4)18-16(17-14)13-9-11-7-5-6-8-12(11)10-13;1-11-8(10)6-3-2-4-7(9)5-6;;;;;/h2-10H,11H2,1H3;1-9H,10H2,(H,17,18);5-9H,10H2,1-4H3;2-5H,1H3;2*1H4;;2*1H2/q;;;;;;+1;;/p-1. The van der Waals surface area contributed by atoms with Gasteiger partial charge in [-0.15, -0.1) is 0 Å². The Morgan fingerprint density at radius 3 is 1.34 bits per heavy atom.